The van der Waals surface area contributed by atoms with E-state index in [1.807, 2.05) is 25.1 Å². The van der Waals surface area contributed by atoms with Crippen LogP contribution in [0.4, 0.5) is 21.8 Å². The molecule has 0 unspecified atom stereocenters. The predicted molar refractivity (Wildman–Crippen MR) is 95.2 cm³/mol. The lowest BCUT2D eigenvalue weighted by atomic mass is 10.2. The van der Waals surface area contributed by atoms with Gasteiger partial charge in [0, 0.05) is 23.9 Å². The average molecular weight is 343 g/mol. The maximum absolute atomic E-state index is 13.7. The molecule has 4 nitrogen and oxygen atoms in total. The Morgan fingerprint density at radius 3 is 2.58 bits per heavy atom. The molecule has 0 amide bonds. The first kappa shape index (κ1) is 16.2. The van der Waals surface area contributed by atoms with Crippen molar-refractivity contribution in [2.45, 2.75) is 13.5 Å². The Kier molecular flexibility index (Phi) is 4.91. The summed E-state index contributed by atoms with van der Waals surface area (Å²) < 4.78 is 13.7. The van der Waals surface area contributed by atoms with Crippen LogP contribution in [0, 0.1) is 12.7 Å². The van der Waals surface area contributed by atoms with E-state index < -0.39 is 0 Å². The summed E-state index contributed by atoms with van der Waals surface area (Å²) in [4.78, 5) is 8.75. The molecule has 0 saturated carbocycles. The molecule has 3 rings (SSSR count). The number of benzene rings is 2. The third-order valence-corrected chi connectivity index (χ3v) is 3.72. The molecular formula is C18H16ClFN4. The fourth-order valence-electron chi connectivity index (χ4n) is 2.23. The lowest BCUT2D eigenvalue weighted by Crippen LogP contribution is -2.06. The molecule has 0 aliphatic rings. The maximum atomic E-state index is 13.7. The topological polar surface area (TPSA) is 49.8 Å². The van der Waals surface area contributed by atoms with Crippen LogP contribution in [0.2, 0.25) is 5.02 Å². The fourth-order valence-corrected chi connectivity index (χ4v) is 2.41. The number of halogens is 2. The molecule has 2 aromatic carbocycles. The minimum atomic E-state index is -0.245. The van der Waals surface area contributed by atoms with E-state index in [2.05, 4.69) is 20.6 Å². The molecule has 1 aromatic heterocycles. The molecule has 0 bridgehead atoms. The SMILES string of the molecule is Cc1cc(NCc2ccccc2F)nc(Nc2ccccc2Cl)n1. The first-order valence-electron chi connectivity index (χ1n) is 7.46. The van der Waals surface area contributed by atoms with Crippen LogP contribution in [0.5, 0.6) is 0 Å². The normalized spacial score (nSPS) is 10.5. The number of nitrogens with zero attached hydrogens (tertiary/aromatic N) is 2. The van der Waals surface area contributed by atoms with E-state index in [-0.39, 0.29) is 5.82 Å². The van der Waals surface area contributed by atoms with Gasteiger partial charge in [0.2, 0.25) is 5.95 Å². The summed E-state index contributed by atoms with van der Waals surface area (Å²) in [7, 11) is 0. The summed E-state index contributed by atoms with van der Waals surface area (Å²) in [6.07, 6.45) is 0. The molecule has 1 heterocycles. The van der Waals surface area contributed by atoms with Crippen LogP contribution in [0.3, 0.4) is 0 Å². The van der Waals surface area contributed by atoms with Crippen LogP contribution in [0.1, 0.15) is 11.3 Å². The Hall–Kier alpha value is -2.66. The summed E-state index contributed by atoms with van der Waals surface area (Å²) in [5.74, 6) is 0.796. The van der Waals surface area contributed by atoms with Gasteiger partial charge in [0.25, 0.3) is 0 Å². The van der Waals surface area contributed by atoms with Crippen molar-refractivity contribution < 1.29 is 4.39 Å². The second-order valence-electron chi connectivity index (χ2n) is 5.27. The summed E-state index contributed by atoms with van der Waals surface area (Å²) in [5.41, 5.74) is 2.09. The van der Waals surface area contributed by atoms with Crippen molar-refractivity contribution in [3.8, 4) is 0 Å². The van der Waals surface area contributed by atoms with Gasteiger partial charge >= 0.3 is 0 Å². The van der Waals surface area contributed by atoms with Crippen LogP contribution in [-0.2, 0) is 6.54 Å². The molecule has 0 aliphatic heterocycles. The third-order valence-electron chi connectivity index (χ3n) is 3.39. The van der Waals surface area contributed by atoms with E-state index in [0.717, 1.165) is 11.4 Å². The summed E-state index contributed by atoms with van der Waals surface area (Å²) >= 11 is 6.14. The Bertz CT molecular complexity index is 854. The summed E-state index contributed by atoms with van der Waals surface area (Å²) in [5, 5.41) is 6.80. The van der Waals surface area contributed by atoms with Crippen LogP contribution in [0.15, 0.2) is 54.6 Å². The Morgan fingerprint density at radius 2 is 1.79 bits per heavy atom. The second-order valence-corrected chi connectivity index (χ2v) is 5.68. The minimum Gasteiger partial charge on any atom is -0.366 e. The zero-order valence-electron chi connectivity index (χ0n) is 13.1. The standard InChI is InChI=1S/C18H16ClFN4/c1-12-10-17(21-11-13-6-2-4-8-15(13)20)24-18(22-12)23-16-9-5-3-7-14(16)19/h2-10H,11H2,1H3,(H2,21,22,23,24). The highest BCUT2D eigenvalue weighted by Gasteiger charge is 2.06. The largest absolute Gasteiger partial charge is 0.366 e. The molecule has 0 atom stereocenters. The average Bonchev–Trinajstić information content (AvgIpc) is 2.56. The van der Waals surface area contributed by atoms with E-state index in [1.54, 1.807) is 30.3 Å². The highest BCUT2D eigenvalue weighted by molar-refractivity contribution is 6.33. The molecular weight excluding hydrogens is 327 g/mol. The van der Waals surface area contributed by atoms with Crippen molar-refractivity contribution in [2.75, 3.05) is 10.6 Å². The van der Waals surface area contributed by atoms with Crippen LogP contribution in [0.25, 0.3) is 0 Å². The number of hydrogen-bond donors (Lipinski definition) is 2. The molecule has 0 spiro atoms. The highest BCUT2D eigenvalue weighted by atomic mass is 35.5. The molecule has 0 radical (unpaired) electrons. The lowest BCUT2D eigenvalue weighted by Gasteiger charge is -2.11. The molecule has 24 heavy (non-hydrogen) atoms. The smallest absolute Gasteiger partial charge is 0.229 e. The number of anilines is 3. The number of rotatable bonds is 5. The van der Waals surface area contributed by atoms with Crippen LogP contribution < -0.4 is 10.6 Å². The molecule has 122 valence electrons. The fraction of sp³-hybridized carbons (Fsp3) is 0.111. The summed E-state index contributed by atoms with van der Waals surface area (Å²) in [6, 6.07) is 15.8. The van der Waals surface area contributed by atoms with Crippen molar-refractivity contribution in [1.29, 1.82) is 0 Å². The zero-order chi connectivity index (χ0) is 16.9. The van der Waals surface area contributed by atoms with Gasteiger partial charge in [-0.25, -0.2) is 9.37 Å². The van der Waals surface area contributed by atoms with Gasteiger partial charge in [0.15, 0.2) is 0 Å². The van der Waals surface area contributed by atoms with Gasteiger partial charge < -0.3 is 10.6 Å². The van der Waals surface area contributed by atoms with E-state index in [4.69, 9.17) is 11.6 Å². The number of aromatic nitrogens is 2. The monoisotopic (exact) mass is 342 g/mol. The van der Waals surface area contributed by atoms with Crippen molar-refractivity contribution in [3.63, 3.8) is 0 Å². The predicted octanol–water partition coefficient (Wildman–Crippen LogP) is 4.93. The van der Waals surface area contributed by atoms with E-state index in [9.17, 15) is 4.39 Å². The van der Waals surface area contributed by atoms with E-state index >= 15 is 0 Å². The quantitative estimate of drug-likeness (QED) is 0.690. The maximum Gasteiger partial charge on any atom is 0.229 e. The lowest BCUT2D eigenvalue weighted by molar-refractivity contribution is 0.613. The molecule has 2 N–H and O–H groups in total. The number of nitrogens with one attached hydrogen (secondary N) is 2. The highest BCUT2D eigenvalue weighted by Crippen LogP contribution is 2.24. The van der Waals surface area contributed by atoms with Gasteiger partial charge in [-0.05, 0) is 25.1 Å². The zero-order valence-corrected chi connectivity index (χ0v) is 13.8. The first-order chi connectivity index (χ1) is 11.6. The van der Waals surface area contributed by atoms with Gasteiger partial charge in [-0.1, -0.05) is 41.9 Å². The first-order valence-corrected chi connectivity index (χ1v) is 7.84. The molecule has 0 aliphatic carbocycles. The van der Waals surface area contributed by atoms with Gasteiger partial charge in [-0.2, -0.15) is 4.98 Å². The van der Waals surface area contributed by atoms with E-state index in [1.165, 1.54) is 6.07 Å². The molecule has 3 aromatic rings. The minimum absolute atomic E-state index is 0.245. The van der Waals surface area contributed by atoms with Gasteiger partial charge in [0.1, 0.15) is 11.6 Å². The number of aryl methyl sites for hydroxylation is 1. The number of hydrogen-bond acceptors (Lipinski definition) is 4. The van der Waals surface area contributed by atoms with Crippen molar-refractivity contribution in [2.24, 2.45) is 0 Å². The molecule has 0 fully saturated rings. The van der Waals surface area contributed by atoms with Crippen LogP contribution in [-0.4, -0.2) is 9.97 Å². The van der Waals surface area contributed by atoms with Gasteiger partial charge in [-0.15, -0.1) is 0 Å². The molecule has 6 heteroatoms. The van der Waals surface area contributed by atoms with Crippen molar-refractivity contribution in [1.82, 2.24) is 9.97 Å². The molecule has 0 saturated heterocycles. The van der Waals surface area contributed by atoms with Gasteiger partial charge in [-0.3, -0.25) is 0 Å². The Morgan fingerprint density at radius 1 is 1.04 bits per heavy atom. The van der Waals surface area contributed by atoms with Crippen molar-refractivity contribution in [3.05, 3.63) is 76.7 Å². The van der Waals surface area contributed by atoms with Crippen molar-refractivity contribution >= 4 is 29.1 Å². The number of para-hydroxylation sites is 1. The third kappa shape index (κ3) is 4.00. The summed E-state index contributed by atoms with van der Waals surface area (Å²) in [6.45, 7) is 2.21. The van der Waals surface area contributed by atoms with Gasteiger partial charge in [0.05, 0.1) is 10.7 Å². The Labute approximate surface area is 144 Å². The van der Waals surface area contributed by atoms with Crippen LogP contribution >= 0.6 is 11.6 Å². The Balaban J connectivity index is 1.77. The second kappa shape index (κ2) is 7.27. The van der Waals surface area contributed by atoms with E-state index in [0.29, 0.717) is 28.9 Å².